The van der Waals surface area contributed by atoms with Crippen LogP contribution < -0.4 is 15.4 Å². The number of nitrogens with one attached hydrogen (secondary N) is 2. The fraction of sp³-hybridized carbons (Fsp3) is 0.467. The highest BCUT2D eigenvalue weighted by molar-refractivity contribution is 5.93. The fourth-order valence-electron chi connectivity index (χ4n) is 1.82. The number of hydrogen-bond donors (Lipinski definition) is 2. The Morgan fingerprint density at radius 3 is 2.55 bits per heavy atom. The van der Waals surface area contributed by atoms with E-state index in [-0.39, 0.29) is 11.8 Å². The van der Waals surface area contributed by atoms with E-state index in [2.05, 4.69) is 17.6 Å². The molecule has 110 valence electrons. The van der Waals surface area contributed by atoms with Crippen molar-refractivity contribution in [1.82, 2.24) is 0 Å². The Labute approximate surface area is 119 Å². The molecule has 0 fully saturated rings. The zero-order chi connectivity index (χ0) is 15.0. The van der Waals surface area contributed by atoms with Crippen molar-refractivity contribution in [2.24, 2.45) is 0 Å². The number of methoxy groups -OCH3 is 1. The van der Waals surface area contributed by atoms with Crippen molar-refractivity contribution < 1.29 is 14.3 Å². The van der Waals surface area contributed by atoms with Crippen LogP contribution in [0.15, 0.2) is 18.2 Å². The Morgan fingerprint density at radius 2 is 1.95 bits per heavy atom. The minimum atomic E-state index is -0.167. The lowest BCUT2D eigenvalue weighted by Crippen LogP contribution is -2.12. The van der Waals surface area contributed by atoms with Crippen LogP contribution in [0.1, 0.15) is 39.5 Å². The lowest BCUT2D eigenvalue weighted by Gasteiger charge is -2.11. The van der Waals surface area contributed by atoms with Gasteiger partial charge in [-0.1, -0.05) is 19.8 Å². The van der Waals surface area contributed by atoms with Gasteiger partial charge < -0.3 is 15.4 Å². The van der Waals surface area contributed by atoms with Crippen LogP contribution in [0.2, 0.25) is 0 Å². The molecule has 0 spiro atoms. The number of carbonyl (C=O) groups is 2. The summed E-state index contributed by atoms with van der Waals surface area (Å²) in [6.45, 7) is 3.53. The smallest absolute Gasteiger partial charge is 0.224 e. The van der Waals surface area contributed by atoms with Crippen LogP contribution in [0, 0.1) is 0 Å². The van der Waals surface area contributed by atoms with Crippen molar-refractivity contribution in [3.8, 4) is 5.75 Å². The molecule has 0 heterocycles. The number of hydrogen-bond acceptors (Lipinski definition) is 3. The Bertz CT molecular complexity index is 472. The monoisotopic (exact) mass is 278 g/mol. The molecule has 0 aliphatic heterocycles. The second-order valence-corrected chi connectivity index (χ2v) is 4.60. The average molecular weight is 278 g/mol. The van der Waals surface area contributed by atoms with Crippen molar-refractivity contribution in [3.05, 3.63) is 18.2 Å². The highest BCUT2D eigenvalue weighted by Gasteiger charge is 2.08. The zero-order valence-electron chi connectivity index (χ0n) is 12.3. The number of rotatable bonds is 7. The van der Waals surface area contributed by atoms with Gasteiger partial charge in [-0.25, -0.2) is 0 Å². The number of amides is 2. The molecule has 5 heteroatoms. The van der Waals surface area contributed by atoms with Gasteiger partial charge in [0.15, 0.2) is 0 Å². The molecule has 0 aliphatic rings. The van der Waals surface area contributed by atoms with Gasteiger partial charge >= 0.3 is 0 Å². The first-order chi connectivity index (χ1) is 9.56. The Morgan fingerprint density at radius 1 is 1.20 bits per heavy atom. The van der Waals surface area contributed by atoms with Gasteiger partial charge in [-0.3, -0.25) is 9.59 Å². The third-order valence-electron chi connectivity index (χ3n) is 2.80. The maximum atomic E-state index is 11.7. The van der Waals surface area contributed by atoms with Gasteiger partial charge in [0.25, 0.3) is 0 Å². The summed E-state index contributed by atoms with van der Waals surface area (Å²) in [6.07, 6.45) is 3.55. The number of carbonyl (C=O) groups excluding carboxylic acids is 2. The number of ether oxygens (including phenoxy) is 1. The summed E-state index contributed by atoms with van der Waals surface area (Å²) in [4.78, 5) is 22.8. The van der Waals surface area contributed by atoms with E-state index >= 15 is 0 Å². The van der Waals surface area contributed by atoms with Gasteiger partial charge in [0.05, 0.1) is 12.8 Å². The van der Waals surface area contributed by atoms with E-state index in [1.807, 2.05) is 0 Å². The topological polar surface area (TPSA) is 67.4 Å². The normalized spacial score (nSPS) is 9.95. The van der Waals surface area contributed by atoms with Gasteiger partial charge in [-0.15, -0.1) is 0 Å². The summed E-state index contributed by atoms with van der Waals surface area (Å²) in [7, 11) is 1.52. The largest absolute Gasteiger partial charge is 0.494 e. The predicted octanol–water partition coefficient (Wildman–Crippen LogP) is 3.17. The Kier molecular flexibility index (Phi) is 6.56. The molecule has 0 bridgehead atoms. The van der Waals surface area contributed by atoms with Crippen LogP contribution in [0.25, 0.3) is 0 Å². The van der Waals surface area contributed by atoms with Crippen molar-refractivity contribution in [3.63, 3.8) is 0 Å². The van der Waals surface area contributed by atoms with Crippen LogP contribution in [-0.2, 0) is 9.59 Å². The average Bonchev–Trinajstić information content (AvgIpc) is 2.40. The number of anilines is 2. The molecule has 0 aromatic heterocycles. The van der Waals surface area contributed by atoms with Crippen LogP contribution >= 0.6 is 0 Å². The van der Waals surface area contributed by atoms with Crippen LogP contribution in [0.5, 0.6) is 5.75 Å². The SMILES string of the molecule is CCCCCC(=O)Nc1ccc(NC(C)=O)c(OC)c1. The molecule has 0 atom stereocenters. The maximum Gasteiger partial charge on any atom is 0.224 e. The lowest BCUT2D eigenvalue weighted by molar-refractivity contribution is -0.116. The highest BCUT2D eigenvalue weighted by Crippen LogP contribution is 2.28. The third kappa shape index (κ3) is 5.30. The number of unbranched alkanes of at least 4 members (excludes halogenated alkanes) is 2. The van der Waals surface area contributed by atoms with Crippen molar-refractivity contribution in [2.45, 2.75) is 39.5 Å². The van der Waals surface area contributed by atoms with Gasteiger partial charge in [-0.05, 0) is 18.6 Å². The van der Waals surface area contributed by atoms with Crippen molar-refractivity contribution >= 4 is 23.2 Å². The minimum absolute atomic E-state index is 0.00669. The second kappa shape index (κ2) is 8.19. The van der Waals surface area contributed by atoms with Gasteiger partial charge in [-0.2, -0.15) is 0 Å². The molecular weight excluding hydrogens is 256 g/mol. The molecule has 1 rings (SSSR count). The molecule has 0 saturated heterocycles. The molecule has 0 unspecified atom stereocenters. The fourth-order valence-corrected chi connectivity index (χ4v) is 1.82. The maximum absolute atomic E-state index is 11.7. The summed E-state index contributed by atoms with van der Waals surface area (Å²) < 4.78 is 5.20. The van der Waals surface area contributed by atoms with Crippen molar-refractivity contribution in [1.29, 1.82) is 0 Å². The van der Waals surface area contributed by atoms with Gasteiger partial charge in [0.2, 0.25) is 11.8 Å². The first kappa shape index (κ1) is 16.0. The standard InChI is InChI=1S/C15H22N2O3/c1-4-5-6-7-15(19)17-12-8-9-13(16-11(2)18)14(10-12)20-3/h8-10H,4-7H2,1-3H3,(H,16,18)(H,17,19). The molecule has 0 radical (unpaired) electrons. The van der Waals surface area contributed by atoms with E-state index in [9.17, 15) is 9.59 Å². The molecular formula is C15H22N2O3. The zero-order valence-corrected chi connectivity index (χ0v) is 12.3. The van der Waals surface area contributed by atoms with E-state index in [1.54, 1.807) is 18.2 Å². The molecule has 2 N–H and O–H groups in total. The van der Waals surface area contributed by atoms with Crippen LogP contribution in [-0.4, -0.2) is 18.9 Å². The minimum Gasteiger partial charge on any atom is -0.494 e. The molecule has 1 aromatic rings. The lowest BCUT2D eigenvalue weighted by atomic mass is 10.2. The Balaban J connectivity index is 2.67. The molecule has 20 heavy (non-hydrogen) atoms. The van der Waals surface area contributed by atoms with Gasteiger partial charge in [0, 0.05) is 25.1 Å². The highest BCUT2D eigenvalue weighted by atomic mass is 16.5. The predicted molar refractivity (Wildman–Crippen MR) is 80.1 cm³/mol. The summed E-state index contributed by atoms with van der Waals surface area (Å²) in [6, 6.07) is 5.15. The van der Waals surface area contributed by atoms with E-state index in [4.69, 9.17) is 4.74 Å². The van der Waals surface area contributed by atoms with Gasteiger partial charge in [0.1, 0.15) is 5.75 Å². The molecule has 0 aliphatic carbocycles. The van der Waals surface area contributed by atoms with E-state index in [0.29, 0.717) is 23.5 Å². The summed E-state index contributed by atoms with van der Waals surface area (Å²) >= 11 is 0. The van der Waals surface area contributed by atoms with E-state index in [0.717, 1.165) is 19.3 Å². The second-order valence-electron chi connectivity index (χ2n) is 4.60. The van der Waals surface area contributed by atoms with Crippen LogP contribution in [0.3, 0.4) is 0 Å². The molecule has 5 nitrogen and oxygen atoms in total. The van der Waals surface area contributed by atoms with Crippen LogP contribution in [0.4, 0.5) is 11.4 Å². The molecule has 0 saturated carbocycles. The molecule has 1 aromatic carbocycles. The summed E-state index contributed by atoms with van der Waals surface area (Å²) in [5, 5.41) is 5.49. The van der Waals surface area contributed by atoms with Crippen molar-refractivity contribution in [2.75, 3.05) is 17.7 Å². The van der Waals surface area contributed by atoms with E-state index < -0.39 is 0 Å². The summed E-state index contributed by atoms with van der Waals surface area (Å²) in [5.41, 5.74) is 1.25. The first-order valence-electron chi connectivity index (χ1n) is 6.82. The quantitative estimate of drug-likeness (QED) is 0.753. The Hall–Kier alpha value is -2.04. The first-order valence-corrected chi connectivity index (χ1v) is 6.82. The molecule has 2 amide bonds. The number of benzene rings is 1. The summed E-state index contributed by atoms with van der Waals surface area (Å²) in [5.74, 6) is 0.346. The third-order valence-corrected chi connectivity index (χ3v) is 2.80. The van der Waals surface area contributed by atoms with E-state index in [1.165, 1.54) is 14.0 Å².